The number of aromatic nitrogens is 2. The first-order valence-corrected chi connectivity index (χ1v) is 8.48. The zero-order chi connectivity index (χ0) is 16.9. The Morgan fingerprint density at radius 1 is 1.17 bits per heavy atom. The van der Waals surface area contributed by atoms with Crippen LogP contribution in [0.2, 0.25) is 0 Å². The third-order valence-corrected chi connectivity index (χ3v) is 4.33. The summed E-state index contributed by atoms with van der Waals surface area (Å²) in [5.41, 5.74) is 3.80. The second kappa shape index (κ2) is 7.30. The maximum atomic E-state index is 12.8. The Morgan fingerprint density at radius 2 is 1.96 bits per heavy atom. The van der Waals surface area contributed by atoms with Crippen molar-refractivity contribution in [2.24, 2.45) is 0 Å². The average molecular weight is 321 g/mol. The fraction of sp³-hybridized carbons (Fsp3) is 0.300. The predicted molar refractivity (Wildman–Crippen MR) is 97.0 cm³/mol. The van der Waals surface area contributed by atoms with Crippen LogP contribution in [0.5, 0.6) is 0 Å². The molecule has 0 radical (unpaired) electrons. The molecule has 0 bridgehead atoms. The first-order chi connectivity index (χ1) is 11.7. The molecule has 0 unspecified atom stereocenters. The van der Waals surface area contributed by atoms with E-state index >= 15 is 0 Å². The van der Waals surface area contributed by atoms with Gasteiger partial charge in [0.25, 0.3) is 5.91 Å². The highest BCUT2D eigenvalue weighted by Gasteiger charge is 2.19. The second-order valence-electron chi connectivity index (χ2n) is 6.00. The molecule has 0 saturated carbocycles. The van der Waals surface area contributed by atoms with Crippen LogP contribution in [0, 0.1) is 6.92 Å². The lowest BCUT2D eigenvalue weighted by molar-refractivity contribution is 0.0940. The van der Waals surface area contributed by atoms with Gasteiger partial charge >= 0.3 is 0 Å². The van der Waals surface area contributed by atoms with Crippen LogP contribution in [-0.2, 0) is 13.1 Å². The van der Waals surface area contributed by atoms with Crippen molar-refractivity contribution in [3.05, 3.63) is 65.6 Å². The number of carbonyl (C=O) groups is 1. The topological polar surface area (TPSA) is 46.9 Å². The van der Waals surface area contributed by atoms with Gasteiger partial charge in [-0.1, -0.05) is 37.6 Å². The van der Waals surface area contributed by atoms with Crippen LogP contribution >= 0.6 is 0 Å². The molecule has 1 N–H and O–H groups in total. The molecule has 2 heterocycles. The van der Waals surface area contributed by atoms with Crippen molar-refractivity contribution in [3.8, 4) is 0 Å². The van der Waals surface area contributed by atoms with E-state index in [0.717, 1.165) is 47.2 Å². The first-order valence-electron chi connectivity index (χ1n) is 8.48. The van der Waals surface area contributed by atoms with Gasteiger partial charge in [0.05, 0.1) is 12.2 Å². The fourth-order valence-corrected chi connectivity index (χ4v) is 3.08. The van der Waals surface area contributed by atoms with E-state index in [2.05, 4.69) is 33.9 Å². The Morgan fingerprint density at radius 3 is 2.71 bits per heavy atom. The van der Waals surface area contributed by atoms with Gasteiger partial charge in [-0.15, -0.1) is 0 Å². The Labute approximate surface area is 142 Å². The quantitative estimate of drug-likeness (QED) is 0.744. The molecule has 1 amide bonds. The highest BCUT2D eigenvalue weighted by Crippen LogP contribution is 2.26. The summed E-state index contributed by atoms with van der Waals surface area (Å²) in [6, 6.07) is 13.9. The van der Waals surface area contributed by atoms with Crippen molar-refractivity contribution >= 4 is 16.8 Å². The maximum absolute atomic E-state index is 12.8. The number of aryl methyl sites for hydroxylation is 2. The Hall–Kier alpha value is -2.62. The number of benzene rings is 1. The van der Waals surface area contributed by atoms with Gasteiger partial charge in [-0.25, -0.2) is 0 Å². The SMILES string of the molecule is CCCCn1c(C(=O)NCc2ccccn2)c(C)c2ccccc21. The zero-order valence-corrected chi connectivity index (χ0v) is 14.2. The van der Waals surface area contributed by atoms with Crippen molar-refractivity contribution in [1.29, 1.82) is 0 Å². The molecule has 2 aromatic heterocycles. The molecule has 0 saturated heterocycles. The normalized spacial score (nSPS) is 10.9. The van der Waals surface area contributed by atoms with Crippen molar-refractivity contribution in [1.82, 2.24) is 14.9 Å². The molecule has 124 valence electrons. The smallest absolute Gasteiger partial charge is 0.268 e. The number of hydrogen-bond acceptors (Lipinski definition) is 2. The number of amides is 1. The van der Waals surface area contributed by atoms with Crippen LogP contribution in [0.15, 0.2) is 48.7 Å². The van der Waals surface area contributed by atoms with Crippen LogP contribution in [0.3, 0.4) is 0 Å². The van der Waals surface area contributed by atoms with Crippen LogP contribution in [-0.4, -0.2) is 15.5 Å². The molecule has 0 atom stereocenters. The number of hydrogen-bond donors (Lipinski definition) is 1. The first kappa shape index (κ1) is 16.2. The van der Waals surface area contributed by atoms with E-state index in [4.69, 9.17) is 0 Å². The second-order valence-corrected chi connectivity index (χ2v) is 6.00. The van der Waals surface area contributed by atoms with Crippen LogP contribution in [0.4, 0.5) is 0 Å². The third kappa shape index (κ3) is 3.18. The predicted octanol–water partition coefficient (Wildman–Crippen LogP) is 4.07. The zero-order valence-electron chi connectivity index (χ0n) is 14.2. The van der Waals surface area contributed by atoms with Crippen molar-refractivity contribution in [2.75, 3.05) is 0 Å². The minimum absolute atomic E-state index is 0.0366. The molecule has 0 aliphatic heterocycles. The summed E-state index contributed by atoms with van der Waals surface area (Å²) in [4.78, 5) is 17.1. The number of pyridine rings is 1. The molecule has 0 aliphatic carbocycles. The van der Waals surface area contributed by atoms with Crippen LogP contribution in [0.1, 0.15) is 41.5 Å². The molecule has 3 aromatic rings. The van der Waals surface area contributed by atoms with Gasteiger partial charge in [0, 0.05) is 23.6 Å². The summed E-state index contributed by atoms with van der Waals surface area (Å²) in [7, 11) is 0. The van der Waals surface area contributed by atoms with Gasteiger partial charge in [0.2, 0.25) is 0 Å². The molecule has 0 spiro atoms. The Balaban J connectivity index is 1.92. The average Bonchev–Trinajstić information content (AvgIpc) is 2.91. The summed E-state index contributed by atoms with van der Waals surface area (Å²) in [6.07, 6.45) is 3.89. The molecule has 4 heteroatoms. The van der Waals surface area contributed by atoms with E-state index in [1.807, 2.05) is 37.3 Å². The summed E-state index contributed by atoms with van der Waals surface area (Å²) in [5, 5.41) is 4.16. The highest BCUT2D eigenvalue weighted by atomic mass is 16.1. The van der Waals surface area contributed by atoms with Gasteiger partial charge in [-0.2, -0.15) is 0 Å². The van der Waals surface area contributed by atoms with Crippen LogP contribution < -0.4 is 5.32 Å². The molecule has 0 aliphatic rings. The maximum Gasteiger partial charge on any atom is 0.268 e. The number of unbranched alkanes of at least 4 members (excludes halogenated alkanes) is 1. The minimum atomic E-state index is -0.0366. The minimum Gasteiger partial charge on any atom is -0.345 e. The highest BCUT2D eigenvalue weighted by molar-refractivity contribution is 6.01. The molecule has 4 nitrogen and oxygen atoms in total. The van der Waals surface area contributed by atoms with Crippen LogP contribution in [0.25, 0.3) is 10.9 Å². The molecule has 1 aromatic carbocycles. The molecule has 3 rings (SSSR count). The van der Waals surface area contributed by atoms with Gasteiger partial charge < -0.3 is 9.88 Å². The number of nitrogens with zero attached hydrogens (tertiary/aromatic N) is 2. The number of carbonyl (C=O) groups excluding carboxylic acids is 1. The van der Waals surface area contributed by atoms with E-state index < -0.39 is 0 Å². The van der Waals surface area contributed by atoms with Crippen molar-refractivity contribution in [3.63, 3.8) is 0 Å². The van der Waals surface area contributed by atoms with Gasteiger partial charge in [0.15, 0.2) is 0 Å². The van der Waals surface area contributed by atoms with Crippen molar-refractivity contribution in [2.45, 2.75) is 39.8 Å². The Bertz CT molecular complexity index is 837. The van der Waals surface area contributed by atoms with Gasteiger partial charge in [-0.05, 0) is 37.1 Å². The third-order valence-electron chi connectivity index (χ3n) is 4.33. The summed E-state index contributed by atoms with van der Waals surface area (Å²) in [5.74, 6) is -0.0366. The number of para-hydroxylation sites is 1. The largest absolute Gasteiger partial charge is 0.345 e. The Kier molecular flexibility index (Phi) is 4.94. The van der Waals surface area contributed by atoms with E-state index in [0.29, 0.717) is 6.54 Å². The van der Waals surface area contributed by atoms with E-state index in [1.54, 1.807) is 6.20 Å². The fourth-order valence-electron chi connectivity index (χ4n) is 3.08. The summed E-state index contributed by atoms with van der Waals surface area (Å²) in [6.45, 7) is 5.49. The van der Waals surface area contributed by atoms with E-state index in [1.165, 1.54) is 0 Å². The monoisotopic (exact) mass is 321 g/mol. The lowest BCUT2D eigenvalue weighted by Crippen LogP contribution is -2.26. The van der Waals surface area contributed by atoms with Gasteiger partial charge in [0.1, 0.15) is 5.69 Å². The number of nitrogens with one attached hydrogen (secondary N) is 1. The lowest BCUT2D eigenvalue weighted by Gasteiger charge is -2.11. The summed E-state index contributed by atoms with van der Waals surface area (Å²) >= 11 is 0. The van der Waals surface area contributed by atoms with E-state index in [-0.39, 0.29) is 5.91 Å². The standard InChI is InChI=1S/C20H23N3O/c1-3-4-13-23-18-11-6-5-10-17(18)15(2)19(23)20(24)22-14-16-9-7-8-12-21-16/h5-12H,3-4,13-14H2,1-2H3,(H,22,24). The molecular formula is C20H23N3O. The van der Waals surface area contributed by atoms with Crippen molar-refractivity contribution < 1.29 is 4.79 Å². The van der Waals surface area contributed by atoms with E-state index in [9.17, 15) is 4.79 Å². The molecule has 24 heavy (non-hydrogen) atoms. The summed E-state index contributed by atoms with van der Waals surface area (Å²) < 4.78 is 2.15. The number of rotatable bonds is 6. The lowest BCUT2D eigenvalue weighted by atomic mass is 10.1. The molecule has 0 fully saturated rings. The van der Waals surface area contributed by atoms with Gasteiger partial charge in [-0.3, -0.25) is 9.78 Å². The molecular weight excluding hydrogens is 298 g/mol. The number of fused-ring (bicyclic) bond motifs is 1.